The number of carbonyl (C=O) groups is 1. The van der Waals surface area contributed by atoms with E-state index in [2.05, 4.69) is 15.6 Å². The number of amides is 1. The standard InChI is InChI=1S/C11H12N4O/c12-13-7-8-1-3-9(4-2-8)10-5-6-11(16)15-14-10/h1-4,7H,5-6,12H2,(H,15,16). The molecule has 0 spiro atoms. The Morgan fingerprint density at radius 2 is 2.06 bits per heavy atom. The van der Waals surface area contributed by atoms with Crippen molar-refractivity contribution >= 4 is 17.8 Å². The fourth-order valence-corrected chi connectivity index (χ4v) is 1.53. The van der Waals surface area contributed by atoms with Crippen molar-refractivity contribution in [3.8, 4) is 0 Å². The minimum atomic E-state index is -0.0318. The molecular weight excluding hydrogens is 204 g/mol. The molecule has 82 valence electrons. The second-order valence-corrected chi connectivity index (χ2v) is 3.49. The van der Waals surface area contributed by atoms with Crippen LogP contribution in [0.5, 0.6) is 0 Å². The Kier molecular flexibility index (Phi) is 2.95. The van der Waals surface area contributed by atoms with E-state index >= 15 is 0 Å². The summed E-state index contributed by atoms with van der Waals surface area (Å²) in [6, 6.07) is 7.69. The van der Waals surface area contributed by atoms with Gasteiger partial charge in [0.1, 0.15) is 0 Å². The highest BCUT2D eigenvalue weighted by Gasteiger charge is 2.12. The van der Waals surface area contributed by atoms with Gasteiger partial charge >= 0.3 is 0 Å². The van der Waals surface area contributed by atoms with Gasteiger partial charge in [-0.15, -0.1) is 0 Å². The monoisotopic (exact) mass is 216 g/mol. The molecule has 0 atom stereocenters. The summed E-state index contributed by atoms with van der Waals surface area (Å²) >= 11 is 0. The molecule has 1 aromatic carbocycles. The summed E-state index contributed by atoms with van der Waals surface area (Å²) in [6.07, 6.45) is 2.75. The summed E-state index contributed by atoms with van der Waals surface area (Å²) in [5, 5.41) is 7.46. The Morgan fingerprint density at radius 1 is 1.31 bits per heavy atom. The molecule has 0 fully saturated rings. The van der Waals surface area contributed by atoms with Crippen LogP contribution in [0.2, 0.25) is 0 Å². The first kappa shape index (κ1) is 10.4. The molecule has 0 aromatic heterocycles. The van der Waals surface area contributed by atoms with Crippen molar-refractivity contribution in [1.29, 1.82) is 0 Å². The third-order valence-electron chi connectivity index (χ3n) is 2.37. The Morgan fingerprint density at radius 3 is 2.62 bits per heavy atom. The molecule has 0 saturated heterocycles. The molecule has 0 unspecified atom stereocenters. The van der Waals surface area contributed by atoms with Gasteiger partial charge in [-0.1, -0.05) is 24.3 Å². The number of benzene rings is 1. The van der Waals surface area contributed by atoms with Crippen molar-refractivity contribution in [2.45, 2.75) is 12.8 Å². The van der Waals surface area contributed by atoms with Crippen LogP contribution < -0.4 is 11.3 Å². The fraction of sp³-hybridized carbons (Fsp3) is 0.182. The third-order valence-corrected chi connectivity index (χ3v) is 2.37. The van der Waals surface area contributed by atoms with E-state index in [1.807, 2.05) is 24.3 Å². The zero-order chi connectivity index (χ0) is 11.4. The van der Waals surface area contributed by atoms with Crippen LogP contribution in [-0.2, 0) is 4.79 Å². The molecule has 5 nitrogen and oxygen atoms in total. The zero-order valence-electron chi connectivity index (χ0n) is 8.68. The van der Waals surface area contributed by atoms with Crippen molar-refractivity contribution in [1.82, 2.24) is 5.43 Å². The van der Waals surface area contributed by atoms with Crippen LogP contribution >= 0.6 is 0 Å². The Hall–Kier alpha value is -2.17. The van der Waals surface area contributed by atoms with Gasteiger partial charge in [-0.05, 0) is 11.1 Å². The summed E-state index contributed by atoms with van der Waals surface area (Å²) in [7, 11) is 0. The normalized spacial score (nSPS) is 16.0. The topological polar surface area (TPSA) is 79.8 Å². The lowest BCUT2D eigenvalue weighted by atomic mass is 10.0. The second kappa shape index (κ2) is 4.57. The fourth-order valence-electron chi connectivity index (χ4n) is 1.53. The molecule has 0 aliphatic carbocycles. The number of rotatable bonds is 2. The molecule has 1 heterocycles. The average molecular weight is 216 g/mol. The van der Waals surface area contributed by atoms with E-state index in [1.165, 1.54) is 0 Å². The number of nitrogens with zero attached hydrogens (tertiary/aromatic N) is 2. The van der Waals surface area contributed by atoms with E-state index in [0.717, 1.165) is 16.8 Å². The molecule has 1 aromatic rings. The van der Waals surface area contributed by atoms with Crippen molar-refractivity contribution in [2.75, 3.05) is 0 Å². The minimum Gasteiger partial charge on any atom is -0.323 e. The van der Waals surface area contributed by atoms with Crippen LogP contribution in [0, 0.1) is 0 Å². The van der Waals surface area contributed by atoms with E-state index in [9.17, 15) is 4.79 Å². The molecular formula is C11H12N4O. The molecule has 0 saturated carbocycles. The second-order valence-electron chi connectivity index (χ2n) is 3.49. The first-order valence-electron chi connectivity index (χ1n) is 4.98. The van der Waals surface area contributed by atoms with Gasteiger partial charge in [-0.2, -0.15) is 10.2 Å². The average Bonchev–Trinajstić information content (AvgIpc) is 2.32. The van der Waals surface area contributed by atoms with Crippen molar-refractivity contribution < 1.29 is 4.79 Å². The van der Waals surface area contributed by atoms with Crippen LogP contribution in [0.25, 0.3) is 0 Å². The Labute approximate surface area is 93.0 Å². The SMILES string of the molecule is NN=Cc1ccc(C2=NNC(=O)CC2)cc1. The van der Waals surface area contributed by atoms with Crippen LogP contribution in [0.3, 0.4) is 0 Å². The van der Waals surface area contributed by atoms with E-state index in [0.29, 0.717) is 12.8 Å². The highest BCUT2D eigenvalue weighted by atomic mass is 16.2. The van der Waals surface area contributed by atoms with Gasteiger partial charge in [0.25, 0.3) is 0 Å². The molecule has 0 bridgehead atoms. The van der Waals surface area contributed by atoms with Gasteiger partial charge in [0.05, 0.1) is 11.9 Å². The van der Waals surface area contributed by atoms with E-state index < -0.39 is 0 Å². The van der Waals surface area contributed by atoms with Gasteiger partial charge < -0.3 is 5.84 Å². The lowest BCUT2D eigenvalue weighted by molar-refractivity contribution is -0.121. The smallest absolute Gasteiger partial charge is 0.240 e. The largest absolute Gasteiger partial charge is 0.323 e. The highest BCUT2D eigenvalue weighted by molar-refractivity contribution is 6.04. The number of nitrogens with two attached hydrogens (primary N) is 1. The zero-order valence-corrected chi connectivity index (χ0v) is 8.68. The Balaban J connectivity index is 2.18. The van der Waals surface area contributed by atoms with E-state index in [1.54, 1.807) is 6.21 Å². The van der Waals surface area contributed by atoms with Gasteiger partial charge in [-0.25, -0.2) is 5.43 Å². The first-order valence-corrected chi connectivity index (χ1v) is 4.98. The summed E-state index contributed by atoms with van der Waals surface area (Å²) in [5.74, 6) is 5.02. The van der Waals surface area contributed by atoms with Crippen LogP contribution in [-0.4, -0.2) is 17.8 Å². The van der Waals surface area contributed by atoms with Crippen LogP contribution in [0.4, 0.5) is 0 Å². The van der Waals surface area contributed by atoms with E-state index in [-0.39, 0.29) is 5.91 Å². The van der Waals surface area contributed by atoms with Gasteiger partial charge in [0, 0.05) is 12.8 Å². The molecule has 0 radical (unpaired) electrons. The molecule has 1 aliphatic heterocycles. The molecule has 1 aliphatic rings. The lowest BCUT2D eigenvalue weighted by Gasteiger charge is -2.11. The summed E-state index contributed by atoms with van der Waals surface area (Å²) < 4.78 is 0. The Bertz CT molecular complexity index is 448. The predicted octanol–water partition coefficient (Wildman–Crippen LogP) is 0.593. The minimum absolute atomic E-state index is 0.0318. The number of hydrazone groups is 2. The van der Waals surface area contributed by atoms with Gasteiger partial charge in [0.2, 0.25) is 5.91 Å². The number of carbonyl (C=O) groups excluding carboxylic acids is 1. The van der Waals surface area contributed by atoms with Crippen LogP contribution in [0.15, 0.2) is 34.5 Å². The van der Waals surface area contributed by atoms with E-state index in [4.69, 9.17) is 5.84 Å². The van der Waals surface area contributed by atoms with Crippen molar-refractivity contribution in [3.05, 3.63) is 35.4 Å². The number of nitrogens with one attached hydrogen (secondary N) is 1. The van der Waals surface area contributed by atoms with Gasteiger partial charge in [-0.3, -0.25) is 4.79 Å². The maximum Gasteiger partial charge on any atom is 0.240 e. The quantitative estimate of drug-likeness (QED) is 0.431. The maximum absolute atomic E-state index is 10.9. The highest BCUT2D eigenvalue weighted by Crippen LogP contribution is 2.10. The van der Waals surface area contributed by atoms with Gasteiger partial charge in [0.15, 0.2) is 0 Å². The van der Waals surface area contributed by atoms with Crippen molar-refractivity contribution in [2.24, 2.45) is 16.0 Å². The molecule has 5 heteroatoms. The molecule has 16 heavy (non-hydrogen) atoms. The predicted molar refractivity (Wildman–Crippen MR) is 62.1 cm³/mol. The number of hydrogen-bond acceptors (Lipinski definition) is 4. The number of hydrogen-bond donors (Lipinski definition) is 2. The maximum atomic E-state index is 10.9. The molecule has 3 N–H and O–H groups in total. The van der Waals surface area contributed by atoms with Crippen molar-refractivity contribution in [3.63, 3.8) is 0 Å². The lowest BCUT2D eigenvalue weighted by Crippen LogP contribution is -2.25. The van der Waals surface area contributed by atoms with Crippen LogP contribution in [0.1, 0.15) is 24.0 Å². The molecule has 1 amide bonds. The first-order chi connectivity index (χ1) is 7.79. The summed E-state index contributed by atoms with van der Waals surface area (Å²) in [4.78, 5) is 10.9. The summed E-state index contributed by atoms with van der Waals surface area (Å²) in [6.45, 7) is 0. The molecule has 2 rings (SSSR count). The third kappa shape index (κ3) is 2.25. The summed E-state index contributed by atoms with van der Waals surface area (Å²) in [5.41, 5.74) is 5.32.